The van der Waals surface area contributed by atoms with Crippen LogP contribution in [0.1, 0.15) is 235 Å². The van der Waals surface area contributed by atoms with Crippen molar-refractivity contribution < 1.29 is 24.2 Å². The molecule has 316 valence electrons. The summed E-state index contributed by atoms with van der Waals surface area (Å²) in [4.78, 5) is 27.8. The third-order valence-corrected chi connectivity index (χ3v) is 11.3. The topological polar surface area (TPSA) is 76.1 Å². The zero-order valence-corrected chi connectivity index (χ0v) is 36.9. The quantitative estimate of drug-likeness (QED) is 0.0496. The van der Waals surface area contributed by atoms with Gasteiger partial charge in [-0.15, -0.1) is 0 Å². The highest BCUT2D eigenvalue weighted by atomic mass is 16.5. The highest BCUT2D eigenvalue weighted by Crippen LogP contribution is 2.28. The van der Waals surface area contributed by atoms with Crippen LogP contribution in [0.2, 0.25) is 0 Å². The average molecular weight is 752 g/mol. The van der Waals surface area contributed by atoms with Crippen molar-refractivity contribution in [3.05, 3.63) is 0 Å². The second-order valence-corrected chi connectivity index (χ2v) is 18.0. The second kappa shape index (κ2) is 35.3. The third-order valence-electron chi connectivity index (χ3n) is 11.3. The van der Waals surface area contributed by atoms with E-state index in [1.54, 1.807) is 0 Å². The van der Waals surface area contributed by atoms with Crippen molar-refractivity contribution in [2.45, 2.75) is 235 Å². The van der Waals surface area contributed by atoms with Crippen molar-refractivity contribution in [2.75, 3.05) is 39.5 Å². The molecule has 0 fully saturated rings. The molecule has 53 heavy (non-hydrogen) atoms. The highest BCUT2D eigenvalue weighted by Gasteiger charge is 2.29. The van der Waals surface area contributed by atoms with Crippen molar-refractivity contribution in [3.63, 3.8) is 0 Å². The standard InChI is InChI=1S/C47H93NO5/c1-8-11-14-17-18-19-25-33-44(50)53-42-46(4,5)35-26-22-29-38-48(39-30-40-49)37-28-21-20-27-36-47(6,7)45(51)52-41-34-43(31-23-15-12-9-2)32-24-16-13-10-3/h43,49H,8-42H2,1-7H3. The minimum absolute atomic E-state index is 0.0157. The molecular weight excluding hydrogens is 659 g/mol. The highest BCUT2D eigenvalue weighted by molar-refractivity contribution is 5.75. The molecule has 0 amide bonds. The van der Waals surface area contributed by atoms with Crippen molar-refractivity contribution in [2.24, 2.45) is 16.7 Å². The molecule has 0 heterocycles. The SMILES string of the molecule is CCCCCCCCCC(=O)OCC(C)(C)CCCCCN(CCCO)CCCCCCC(C)(C)C(=O)OCCC(CCCCCC)CCCCCC. The lowest BCUT2D eigenvalue weighted by atomic mass is 9.87. The summed E-state index contributed by atoms with van der Waals surface area (Å²) in [7, 11) is 0. The van der Waals surface area contributed by atoms with Gasteiger partial charge in [0.05, 0.1) is 18.6 Å². The number of carbonyl (C=O) groups is 2. The number of unbranched alkanes of at least 4 members (excludes halogenated alkanes) is 17. The van der Waals surface area contributed by atoms with Gasteiger partial charge in [-0.1, -0.05) is 169 Å². The Kier molecular flexibility index (Phi) is 34.5. The van der Waals surface area contributed by atoms with Crippen LogP contribution in [-0.4, -0.2) is 61.4 Å². The van der Waals surface area contributed by atoms with Crippen molar-refractivity contribution >= 4 is 11.9 Å². The molecule has 6 heteroatoms. The maximum Gasteiger partial charge on any atom is 0.311 e. The molecule has 0 aromatic rings. The number of aliphatic hydroxyl groups excluding tert-OH is 1. The van der Waals surface area contributed by atoms with Gasteiger partial charge in [0.1, 0.15) is 0 Å². The Bertz CT molecular complexity index is 816. The normalized spacial score (nSPS) is 12.3. The Morgan fingerprint density at radius 1 is 0.547 bits per heavy atom. The van der Waals surface area contributed by atoms with Crippen LogP contribution in [0.5, 0.6) is 0 Å². The fourth-order valence-corrected chi connectivity index (χ4v) is 7.42. The summed E-state index contributed by atoms with van der Waals surface area (Å²) in [6, 6.07) is 0. The molecule has 6 nitrogen and oxygen atoms in total. The minimum atomic E-state index is -0.422. The summed E-state index contributed by atoms with van der Waals surface area (Å²) in [5, 5.41) is 9.45. The first-order chi connectivity index (χ1) is 25.5. The van der Waals surface area contributed by atoms with E-state index in [0.29, 0.717) is 25.6 Å². The van der Waals surface area contributed by atoms with E-state index in [9.17, 15) is 14.7 Å². The molecular formula is C47H93NO5. The number of hydrogen-bond donors (Lipinski definition) is 1. The Morgan fingerprint density at radius 2 is 1.02 bits per heavy atom. The summed E-state index contributed by atoms with van der Waals surface area (Å²) in [6.45, 7) is 19.8. The molecule has 0 aliphatic heterocycles. The largest absolute Gasteiger partial charge is 0.465 e. The van der Waals surface area contributed by atoms with Gasteiger partial charge < -0.3 is 19.5 Å². The van der Waals surface area contributed by atoms with E-state index in [4.69, 9.17) is 9.47 Å². The molecule has 0 aliphatic carbocycles. The van der Waals surface area contributed by atoms with E-state index in [-0.39, 0.29) is 24.0 Å². The van der Waals surface area contributed by atoms with Crippen LogP contribution in [0.3, 0.4) is 0 Å². The van der Waals surface area contributed by atoms with Crippen molar-refractivity contribution in [1.82, 2.24) is 4.90 Å². The van der Waals surface area contributed by atoms with Gasteiger partial charge in [0.2, 0.25) is 0 Å². The first-order valence-electron chi connectivity index (χ1n) is 23.2. The Hall–Kier alpha value is -1.14. The zero-order valence-electron chi connectivity index (χ0n) is 36.9. The molecule has 0 saturated carbocycles. The van der Waals surface area contributed by atoms with Crippen LogP contribution in [-0.2, 0) is 19.1 Å². The molecule has 0 aromatic heterocycles. The average Bonchev–Trinajstić information content (AvgIpc) is 3.13. The number of rotatable bonds is 40. The summed E-state index contributed by atoms with van der Waals surface area (Å²) >= 11 is 0. The van der Waals surface area contributed by atoms with E-state index < -0.39 is 5.41 Å². The van der Waals surface area contributed by atoms with Gasteiger partial charge in [-0.2, -0.15) is 0 Å². The fraction of sp³-hybridized carbons (Fsp3) is 0.957. The number of esters is 2. The maximum absolute atomic E-state index is 13.0. The van der Waals surface area contributed by atoms with Gasteiger partial charge in [-0.3, -0.25) is 9.59 Å². The number of ether oxygens (including phenoxy) is 2. The fourth-order valence-electron chi connectivity index (χ4n) is 7.42. The van der Waals surface area contributed by atoms with Gasteiger partial charge in [0.25, 0.3) is 0 Å². The summed E-state index contributed by atoms with van der Waals surface area (Å²) in [6.07, 6.45) is 33.9. The van der Waals surface area contributed by atoms with Crippen LogP contribution >= 0.6 is 0 Å². The molecule has 0 atom stereocenters. The maximum atomic E-state index is 13.0. The van der Waals surface area contributed by atoms with E-state index in [1.165, 1.54) is 109 Å². The van der Waals surface area contributed by atoms with Crippen LogP contribution < -0.4 is 0 Å². The van der Waals surface area contributed by atoms with E-state index in [2.05, 4.69) is 53.4 Å². The van der Waals surface area contributed by atoms with Crippen LogP contribution in [0, 0.1) is 16.7 Å². The van der Waals surface area contributed by atoms with Crippen LogP contribution in [0.25, 0.3) is 0 Å². The molecule has 0 spiro atoms. The predicted octanol–water partition coefficient (Wildman–Crippen LogP) is 13.4. The van der Waals surface area contributed by atoms with Crippen molar-refractivity contribution in [1.29, 1.82) is 0 Å². The first kappa shape index (κ1) is 51.9. The number of nitrogens with zero attached hydrogens (tertiary/aromatic N) is 1. The summed E-state index contributed by atoms with van der Waals surface area (Å²) < 4.78 is 11.5. The Morgan fingerprint density at radius 3 is 1.60 bits per heavy atom. The summed E-state index contributed by atoms with van der Waals surface area (Å²) in [5.74, 6) is 0.635. The van der Waals surface area contributed by atoms with Gasteiger partial charge in [0, 0.05) is 19.6 Å². The van der Waals surface area contributed by atoms with E-state index in [1.807, 2.05) is 0 Å². The molecule has 0 bridgehead atoms. The smallest absolute Gasteiger partial charge is 0.311 e. The lowest BCUT2D eigenvalue weighted by Crippen LogP contribution is -2.28. The second-order valence-electron chi connectivity index (χ2n) is 18.0. The summed E-state index contributed by atoms with van der Waals surface area (Å²) in [5.41, 5.74) is -0.407. The zero-order chi connectivity index (χ0) is 39.5. The van der Waals surface area contributed by atoms with Crippen LogP contribution in [0.15, 0.2) is 0 Å². The van der Waals surface area contributed by atoms with Crippen LogP contribution in [0.4, 0.5) is 0 Å². The molecule has 1 N–H and O–H groups in total. The number of carbonyl (C=O) groups excluding carboxylic acids is 2. The van der Waals surface area contributed by atoms with Gasteiger partial charge in [-0.05, 0) is 83.2 Å². The first-order valence-corrected chi connectivity index (χ1v) is 23.2. The van der Waals surface area contributed by atoms with E-state index >= 15 is 0 Å². The van der Waals surface area contributed by atoms with Gasteiger partial charge >= 0.3 is 11.9 Å². The van der Waals surface area contributed by atoms with Gasteiger partial charge in [-0.25, -0.2) is 0 Å². The molecule has 0 saturated heterocycles. The molecule has 0 aliphatic rings. The Labute approximate surface area is 331 Å². The lowest BCUT2D eigenvalue weighted by Gasteiger charge is -2.25. The van der Waals surface area contributed by atoms with Gasteiger partial charge in [0.15, 0.2) is 0 Å². The molecule has 0 aromatic carbocycles. The monoisotopic (exact) mass is 752 g/mol. The molecule has 0 unspecified atom stereocenters. The Balaban J connectivity index is 4.26. The van der Waals surface area contributed by atoms with Crippen molar-refractivity contribution in [3.8, 4) is 0 Å². The third kappa shape index (κ3) is 32.8. The molecule has 0 rings (SSSR count). The number of hydrogen-bond acceptors (Lipinski definition) is 6. The predicted molar refractivity (Wildman–Crippen MR) is 227 cm³/mol. The number of aliphatic hydroxyl groups is 1. The minimum Gasteiger partial charge on any atom is -0.465 e. The molecule has 0 radical (unpaired) electrons. The lowest BCUT2D eigenvalue weighted by molar-refractivity contribution is -0.154. The van der Waals surface area contributed by atoms with E-state index in [0.717, 1.165) is 90.3 Å².